The largest absolute Gasteiger partial charge is 0.548 e. The molecule has 2 aromatic rings. The van der Waals surface area contributed by atoms with Gasteiger partial charge in [0, 0.05) is 5.56 Å². The highest BCUT2D eigenvalue weighted by Gasteiger charge is 2.19. The fraction of sp³-hybridized carbons (Fsp3) is 0.278. The molecule has 23 heavy (non-hydrogen) atoms. The first kappa shape index (κ1) is 19.0. The summed E-state index contributed by atoms with van der Waals surface area (Å²) in [5, 5.41) is 8.12. The van der Waals surface area contributed by atoms with Crippen LogP contribution in [0, 0.1) is 26.2 Å². The summed E-state index contributed by atoms with van der Waals surface area (Å²) in [5.41, 5.74) is 9.71. The molecule has 0 fully saturated rings. The Bertz CT molecular complexity index is 662. The summed E-state index contributed by atoms with van der Waals surface area (Å²) in [6, 6.07) is 13.3. The number of hydrogen-bond donors (Lipinski definition) is 2. The van der Waals surface area contributed by atoms with Crippen molar-refractivity contribution in [1.82, 2.24) is 0 Å². The second kappa shape index (κ2) is 9.19. The fourth-order valence-corrected chi connectivity index (χ4v) is 3.15. The van der Waals surface area contributed by atoms with Gasteiger partial charge in [-0.2, -0.15) is 0 Å². The number of benzene rings is 2. The average molecular weight is 331 g/mol. The molecule has 0 aliphatic carbocycles. The molecule has 0 bridgehead atoms. The monoisotopic (exact) mass is 331 g/mol. The first-order chi connectivity index (χ1) is 10.9. The Hall–Kier alpha value is -2.03. The van der Waals surface area contributed by atoms with E-state index in [0.29, 0.717) is 6.61 Å². The van der Waals surface area contributed by atoms with Crippen LogP contribution in [-0.2, 0) is 9.09 Å². The predicted octanol–water partition coefficient (Wildman–Crippen LogP) is 3.99. The third-order valence-corrected chi connectivity index (χ3v) is 4.37. The summed E-state index contributed by atoms with van der Waals surface area (Å²) in [4.78, 5) is 0. The second-order valence-corrected chi connectivity index (χ2v) is 6.49. The molecule has 0 aliphatic heterocycles. The standard InChI is InChI=1S/C10H14N2.C8H10O2P/c1-6-4-7(2)9(10(11)12)8(3)5-6;1-2-10-11(9)8-6-4-3-5-7-8/h4-5H,1-3H3,(H3,11,12);3-7H,2H2,1H3/q;+1. The molecule has 1 atom stereocenters. The van der Waals surface area contributed by atoms with Crippen molar-refractivity contribution in [2.45, 2.75) is 27.7 Å². The van der Waals surface area contributed by atoms with Gasteiger partial charge in [-0.1, -0.05) is 35.9 Å². The van der Waals surface area contributed by atoms with E-state index in [9.17, 15) is 4.57 Å². The van der Waals surface area contributed by atoms with Gasteiger partial charge in [0.1, 0.15) is 12.4 Å². The lowest BCUT2D eigenvalue weighted by Crippen LogP contribution is -2.14. The summed E-state index contributed by atoms with van der Waals surface area (Å²) in [5.74, 6) is 0.157. The molecule has 0 heterocycles. The molecule has 5 heteroatoms. The van der Waals surface area contributed by atoms with Gasteiger partial charge < -0.3 is 5.73 Å². The van der Waals surface area contributed by atoms with Crippen LogP contribution in [0.25, 0.3) is 0 Å². The second-order valence-electron chi connectivity index (χ2n) is 5.20. The number of nitrogen functional groups attached to an aromatic ring is 1. The van der Waals surface area contributed by atoms with Gasteiger partial charge in [0.15, 0.2) is 0 Å². The Kier molecular flexibility index (Phi) is 7.60. The fourth-order valence-electron chi connectivity index (χ4n) is 2.35. The number of nitrogens with one attached hydrogen (secondary N) is 1. The molecule has 0 aromatic heterocycles. The Morgan fingerprint density at radius 1 is 1.13 bits per heavy atom. The van der Waals surface area contributed by atoms with E-state index in [0.717, 1.165) is 22.0 Å². The van der Waals surface area contributed by atoms with E-state index in [1.54, 1.807) is 12.1 Å². The van der Waals surface area contributed by atoms with Crippen molar-refractivity contribution < 1.29 is 9.09 Å². The van der Waals surface area contributed by atoms with Crippen LogP contribution in [0.3, 0.4) is 0 Å². The molecule has 1 unspecified atom stereocenters. The highest BCUT2D eigenvalue weighted by molar-refractivity contribution is 7.48. The van der Waals surface area contributed by atoms with E-state index in [1.807, 2.05) is 58.0 Å². The molecule has 122 valence electrons. The lowest BCUT2D eigenvalue weighted by atomic mass is 9.99. The normalized spacial score (nSPS) is 10.5. The summed E-state index contributed by atoms with van der Waals surface area (Å²) in [6.07, 6.45) is 0. The van der Waals surface area contributed by atoms with Gasteiger partial charge in [-0.25, -0.2) is 0 Å². The van der Waals surface area contributed by atoms with Crippen LogP contribution in [0.2, 0.25) is 0 Å². The summed E-state index contributed by atoms with van der Waals surface area (Å²) < 4.78 is 16.1. The van der Waals surface area contributed by atoms with Gasteiger partial charge in [0.25, 0.3) is 0 Å². The van der Waals surface area contributed by atoms with Crippen molar-refractivity contribution in [2.24, 2.45) is 5.73 Å². The van der Waals surface area contributed by atoms with Crippen LogP contribution in [0.15, 0.2) is 42.5 Å². The van der Waals surface area contributed by atoms with Crippen LogP contribution in [-0.4, -0.2) is 12.4 Å². The van der Waals surface area contributed by atoms with E-state index in [2.05, 4.69) is 0 Å². The predicted molar refractivity (Wildman–Crippen MR) is 97.0 cm³/mol. The third-order valence-electron chi connectivity index (χ3n) is 3.16. The first-order valence-electron chi connectivity index (χ1n) is 7.44. The maximum Gasteiger partial charge on any atom is 0.548 e. The minimum absolute atomic E-state index is 0.157. The molecule has 3 N–H and O–H groups in total. The van der Waals surface area contributed by atoms with Crippen LogP contribution in [0.4, 0.5) is 0 Å². The number of hydrogen-bond acceptors (Lipinski definition) is 3. The summed E-state index contributed by atoms with van der Waals surface area (Å²) in [6.45, 7) is 8.33. The number of amidine groups is 1. The molecular formula is C18H24N2O2P+. The lowest BCUT2D eigenvalue weighted by Gasteiger charge is -2.08. The van der Waals surface area contributed by atoms with Gasteiger partial charge in [-0.3, -0.25) is 5.41 Å². The Balaban J connectivity index is 0.000000231. The molecule has 0 saturated heterocycles. The minimum Gasteiger partial charge on any atom is -0.384 e. The lowest BCUT2D eigenvalue weighted by molar-refractivity contribution is 0.357. The van der Waals surface area contributed by atoms with Crippen molar-refractivity contribution >= 4 is 19.2 Å². The van der Waals surface area contributed by atoms with Crippen LogP contribution < -0.4 is 11.0 Å². The third kappa shape index (κ3) is 5.93. The number of aryl methyl sites for hydroxylation is 3. The van der Waals surface area contributed by atoms with E-state index < -0.39 is 8.03 Å². The van der Waals surface area contributed by atoms with Crippen molar-refractivity contribution in [3.05, 3.63) is 64.7 Å². The van der Waals surface area contributed by atoms with Gasteiger partial charge in [0.05, 0.1) is 0 Å². The molecule has 0 amide bonds. The molecular weight excluding hydrogens is 307 g/mol. The molecule has 0 radical (unpaired) electrons. The smallest absolute Gasteiger partial charge is 0.384 e. The molecule has 4 nitrogen and oxygen atoms in total. The molecule has 0 aliphatic rings. The highest BCUT2D eigenvalue weighted by atomic mass is 31.1. The van der Waals surface area contributed by atoms with E-state index in [1.165, 1.54) is 5.56 Å². The molecule has 2 aromatic carbocycles. The van der Waals surface area contributed by atoms with E-state index in [-0.39, 0.29) is 5.84 Å². The topological polar surface area (TPSA) is 76.2 Å². The number of nitrogens with two attached hydrogens (primary N) is 1. The minimum atomic E-state index is -1.63. The zero-order chi connectivity index (χ0) is 17.4. The first-order valence-corrected chi connectivity index (χ1v) is 8.62. The van der Waals surface area contributed by atoms with E-state index in [4.69, 9.17) is 15.7 Å². The zero-order valence-corrected chi connectivity index (χ0v) is 15.0. The highest BCUT2D eigenvalue weighted by Crippen LogP contribution is 2.20. The Labute approximate surface area is 139 Å². The molecule has 0 spiro atoms. The molecule has 2 rings (SSSR count). The Morgan fingerprint density at radius 2 is 1.65 bits per heavy atom. The van der Waals surface area contributed by atoms with Crippen LogP contribution in [0.5, 0.6) is 0 Å². The van der Waals surface area contributed by atoms with E-state index >= 15 is 0 Å². The molecule has 0 saturated carbocycles. The van der Waals surface area contributed by atoms with Crippen molar-refractivity contribution in [3.8, 4) is 0 Å². The van der Waals surface area contributed by atoms with Gasteiger partial charge in [0.2, 0.25) is 5.30 Å². The number of rotatable bonds is 4. The van der Waals surface area contributed by atoms with Crippen LogP contribution >= 0.6 is 8.03 Å². The SMILES string of the molecule is CCO[P+](=O)c1ccccc1.Cc1cc(C)c(C(=N)N)c(C)c1. The van der Waals surface area contributed by atoms with Crippen molar-refractivity contribution in [3.63, 3.8) is 0 Å². The van der Waals surface area contributed by atoms with Crippen molar-refractivity contribution in [2.75, 3.05) is 6.61 Å². The summed E-state index contributed by atoms with van der Waals surface area (Å²) >= 11 is 0. The zero-order valence-electron chi connectivity index (χ0n) is 14.1. The quantitative estimate of drug-likeness (QED) is 0.505. The summed E-state index contributed by atoms with van der Waals surface area (Å²) in [7, 11) is -1.63. The average Bonchev–Trinajstić information content (AvgIpc) is 2.47. The Morgan fingerprint density at radius 3 is 2.09 bits per heavy atom. The van der Waals surface area contributed by atoms with Crippen molar-refractivity contribution in [1.29, 1.82) is 5.41 Å². The van der Waals surface area contributed by atoms with Gasteiger partial charge in [-0.05, 0) is 55.5 Å². The van der Waals surface area contributed by atoms with Crippen LogP contribution in [0.1, 0.15) is 29.2 Å². The maximum atomic E-state index is 11.2. The van der Waals surface area contributed by atoms with Gasteiger partial charge in [-0.15, -0.1) is 4.52 Å². The van der Waals surface area contributed by atoms with Gasteiger partial charge >= 0.3 is 8.03 Å². The maximum absolute atomic E-state index is 11.2.